The van der Waals surface area contributed by atoms with Gasteiger partial charge in [-0.15, -0.1) is 0 Å². The minimum Gasteiger partial charge on any atom is -0.497 e. The molecule has 6 aliphatic heterocycles. The second-order valence-electron chi connectivity index (χ2n) is 20.7. The van der Waals surface area contributed by atoms with Gasteiger partial charge in [-0.3, -0.25) is 29.4 Å². The Morgan fingerprint density at radius 3 is 1.46 bits per heavy atom. The first-order valence-electron chi connectivity index (χ1n) is 26.5. The van der Waals surface area contributed by atoms with Crippen LogP contribution in [0.2, 0.25) is 0 Å². The van der Waals surface area contributed by atoms with E-state index in [-0.39, 0.29) is 34.8 Å². The summed E-state index contributed by atoms with van der Waals surface area (Å²) in [4.78, 5) is 45.5. The molecule has 6 saturated heterocycles. The van der Waals surface area contributed by atoms with Crippen molar-refractivity contribution in [1.29, 1.82) is 0 Å². The van der Waals surface area contributed by atoms with Crippen molar-refractivity contribution in [1.82, 2.24) is 19.8 Å². The maximum atomic E-state index is 15.3. The Morgan fingerprint density at radius 2 is 1.06 bits per heavy atom. The summed E-state index contributed by atoms with van der Waals surface area (Å²) in [6.07, 6.45) is 11.9. The Kier molecular flexibility index (Phi) is 14.8. The van der Waals surface area contributed by atoms with E-state index in [4.69, 9.17) is 28.9 Å². The van der Waals surface area contributed by atoms with Gasteiger partial charge in [-0.25, -0.2) is 0 Å². The van der Waals surface area contributed by atoms with Crippen molar-refractivity contribution in [2.45, 2.75) is 89.5 Å². The predicted molar refractivity (Wildman–Crippen MR) is 291 cm³/mol. The summed E-state index contributed by atoms with van der Waals surface area (Å²) in [6, 6.07) is 27.2. The minimum atomic E-state index is -0.485. The van der Waals surface area contributed by atoms with Crippen LogP contribution >= 0.6 is 23.5 Å². The number of ketones is 2. The van der Waals surface area contributed by atoms with Crippen molar-refractivity contribution in [3.8, 4) is 23.0 Å². The van der Waals surface area contributed by atoms with Crippen molar-refractivity contribution in [3.05, 3.63) is 131 Å². The highest BCUT2D eigenvalue weighted by molar-refractivity contribution is 7.99. The number of rotatable bonds is 20. The van der Waals surface area contributed by atoms with E-state index >= 15 is 9.59 Å². The number of methoxy groups -OCH3 is 2. The smallest absolute Gasteiger partial charge is 0.198 e. The number of carbonyl (C=O) groups excluding carboxylic acids is 2. The van der Waals surface area contributed by atoms with Crippen LogP contribution in [0.3, 0.4) is 0 Å². The summed E-state index contributed by atoms with van der Waals surface area (Å²) in [5.74, 6) is 8.94. The summed E-state index contributed by atoms with van der Waals surface area (Å²) in [5, 5.41) is 1.89. The van der Waals surface area contributed by atoms with Gasteiger partial charge in [0.05, 0.1) is 48.5 Å². The molecule has 13 rings (SSSR count). The van der Waals surface area contributed by atoms with E-state index in [1.165, 1.54) is 61.5 Å². The number of hydrogen-bond donors (Lipinski definition) is 0. The molecule has 1 aliphatic carbocycles. The molecule has 7 aliphatic rings. The molecule has 2 aromatic heterocycles. The normalized spacial score (nSPS) is 25.0. The number of thioether (sulfide) groups is 2. The van der Waals surface area contributed by atoms with E-state index in [0.717, 1.165) is 83.5 Å². The van der Waals surface area contributed by atoms with E-state index in [9.17, 15) is 0 Å². The second kappa shape index (κ2) is 21.8. The fourth-order valence-electron chi connectivity index (χ4n) is 13.0. The van der Waals surface area contributed by atoms with Crippen molar-refractivity contribution < 1.29 is 28.5 Å². The molecule has 72 heavy (non-hydrogen) atoms. The molecule has 4 bridgehead atoms. The molecule has 10 atom stereocenters. The van der Waals surface area contributed by atoms with Crippen LogP contribution in [0.1, 0.15) is 120 Å². The summed E-state index contributed by atoms with van der Waals surface area (Å²) < 4.78 is 26.6. The Hall–Kier alpha value is -5.14. The third-order valence-corrected chi connectivity index (χ3v) is 19.1. The number of hydrogen-bond acceptors (Lipinski definition) is 12. The third kappa shape index (κ3) is 9.50. The minimum absolute atomic E-state index is 0.0273. The summed E-state index contributed by atoms with van der Waals surface area (Å²) in [7, 11) is 3.37. The zero-order chi connectivity index (χ0) is 49.3. The van der Waals surface area contributed by atoms with E-state index in [0.29, 0.717) is 46.3 Å². The molecule has 0 N–H and O–H groups in total. The number of fused-ring (bicyclic) bond motifs is 10. The molecule has 8 unspecified atom stereocenters. The van der Waals surface area contributed by atoms with Crippen LogP contribution in [0.25, 0.3) is 21.8 Å². The molecule has 12 heteroatoms. The average Bonchev–Trinajstić information content (AvgIpc) is 3.43. The maximum absolute atomic E-state index is 15.3. The fraction of sp³-hybridized carbons (Fsp3) is 0.467. The lowest BCUT2D eigenvalue weighted by molar-refractivity contribution is -0.0490. The molecule has 0 radical (unpaired) electrons. The number of aromatic nitrogens is 2. The Bertz CT molecular complexity index is 2750. The van der Waals surface area contributed by atoms with Crippen LogP contribution in [-0.2, 0) is 0 Å². The molecular weight excluding hydrogens is 937 g/mol. The lowest BCUT2D eigenvalue weighted by Crippen LogP contribution is -2.56. The largest absolute Gasteiger partial charge is 0.497 e. The predicted octanol–water partition coefficient (Wildman–Crippen LogP) is 12.3. The van der Waals surface area contributed by atoms with E-state index < -0.39 is 12.2 Å². The number of pyridine rings is 2. The molecule has 6 aromatic rings. The number of piperidine rings is 6. The van der Waals surface area contributed by atoms with Crippen LogP contribution in [-0.4, -0.2) is 107 Å². The first-order chi connectivity index (χ1) is 35.3. The van der Waals surface area contributed by atoms with Crippen LogP contribution in [0.4, 0.5) is 0 Å². The van der Waals surface area contributed by atoms with Gasteiger partial charge in [0.25, 0.3) is 0 Å². The van der Waals surface area contributed by atoms with E-state index in [1.807, 2.05) is 60.9 Å². The van der Waals surface area contributed by atoms with Crippen LogP contribution in [0.15, 0.2) is 97.3 Å². The van der Waals surface area contributed by atoms with Gasteiger partial charge < -0.3 is 18.9 Å². The molecule has 0 spiro atoms. The van der Waals surface area contributed by atoms with Gasteiger partial charge in [0.2, 0.25) is 0 Å². The molecular formula is C60H68N4O6S2. The van der Waals surface area contributed by atoms with Gasteiger partial charge in [0.1, 0.15) is 35.2 Å². The van der Waals surface area contributed by atoms with E-state index in [1.54, 1.807) is 26.4 Å². The van der Waals surface area contributed by atoms with Gasteiger partial charge in [0, 0.05) is 58.5 Å². The number of nitrogens with zero attached hydrogens (tertiary/aromatic N) is 4. The van der Waals surface area contributed by atoms with Crippen molar-refractivity contribution in [2.75, 3.05) is 63.4 Å². The van der Waals surface area contributed by atoms with Gasteiger partial charge >= 0.3 is 0 Å². The van der Waals surface area contributed by atoms with Gasteiger partial charge in [0.15, 0.2) is 11.6 Å². The molecule has 0 amide bonds. The molecule has 376 valence electrons. The highest BCUT2D eigenvalue weighted by Crippen LogP contribution is 2.50. The second-order valence-corrected chi connectivity index (χ2v) is 23.1. The fourth-order valence-corrected chi connectivity index (χ4v) is 14.9. The highest BCUT2D eigenvalue weighted by atomic mass is 32.2. The standard InChI is InChI=1S/C60H68N4O6S2/c1-5-27-71-29-21-39-35-63-25-19-37(39)31-51(63)59(45-17-23-61-49-13-11-41(67-3)33-47(45)49)69-53-15-16-54(56-55(53)57(65)43-9-7-8-10-44(43)58(56)66)70-60(46-18-24-62-50-14-12-42(68-4)34-48(46)50)52-32-38-20-26-64(52)36-40(38)22-30-72-28-6-2/h7-18,23-24,33-34,37-40,51-52,59-60H,5-6,19-22,25-32,35-36H2,1-4H3/t37?,38?,39?,40?,51?,52?,59-,60-/m1/s1. The summed E-state index contributed by atoms with van der Waals surface area (Å²) in [6.45, 7) is 8.52. The Morgan fingerprint density at radius 1 is 0.597 bits per heavy atom. The maximum Gasteiger partial charge on any atom is 0.198 e. The van der Waals surface area contributed by atoms with Crippen molar-refractivity contribution >= 4 is 56.9 Å². The summed E-state index contributed by atoms with van der Waals surface area (Å²) in [5.41, 5.74) is 4.92. The van der Waals surface area contributed by atoms with Crippen LogP contribution < -0.4 is 18.9 Å². The van der Waals surface area contributed by atoms with Gasteiger partial charge in [-0.2, -0.15) is 23.5 Å². The lowest BCUT2D eigenvalue weighted by Gasteiger charge is -2.52. The van der Waals surface area contributed by atoms with Crippen LogP contribution in [0.5, 0.6) is 23.0 Å². The Labute approximate surface area is 433 Å². The SMILES string of the molecule is CCCSCCC1CN2CCC1CC2[C@H](Oc1ccc(O[C@H](c2ccnc3ccc(OC)cc23)C2CC3CCN2CC3CCSCCC)c2c1C(=O)c1ccccc1C2=O)c1ccnc2ccc(OC)cc12. The highest BCUT2D eigenvalue weighted by Gasteiger charge is 2.48. The number of carbonyl (C=O) groups is 2. The zero-order valence-corrected chi connectivity index (χ0v) is 43.9. The van der Waals surface area contributed by atoms with Gasteiger partial charge in [-0.05, 0) is 172 Å². The van der Waals surface area contributed by atoms with Crippen molar-refractivity contribution in [3.63, 3.8) is 0 Å². The topological polar surface area (TPSA) is 103 Å². The first-order valence-corrected chi connectivity index (χ1v) is 28.8. The first kappa shape index (κ1) is 49.1. The lowest BCUT2D eigenvalue weighted by atomic mass is 9.72. The van der Waals surface area contributed by atoms with Crippen LogP contribution in [0, 0.1) is 23.7 Å². The Balaban J connectivity index is 1.02. The quantitative estimate of drug-likeness (QED) is 0.0679. The molecule has 0 saturated carbocycles. The molecule has 10 nitrogen and oxygen atoms in total. The summed E-state index contributed by atoms with van der Waals surface area (Å²) >= 11 is 4.14. The third-order valence-electron chi connectivity index (χ3n) is 16.6. The van der Waals surface area contributed by atoms with Crippen molar-refractivity contribution in [2.24, 2.45) is 23.7 Å². The average molecular weight is 1010 g/mol. The molecule has 4 aromatic carbocycles. The number of benzene rings is 4. The molecule has 8 heterocycles. The molecule has 6 fully saturated rings. The zero-order valence-electron chi connectivity index (χ0n) is 42.2. The van der Waals surface area contributed by atoms with Gasteiger partial charge in [-0.1, -0.05) is 38.1 Å². The number of ether oxygens (including phenoxy) is 4. The monoisotopic (exact) mass is 1000 g/mol. The van der Waals surface area contributed by atoms with E-state index in [2.05, 4.69) is 71.4 Å².